The Labute approximate surface area is 128 Å². The van der Waals surface area contributed by atoms with Crippen molar-refractivity contribution >= 4 is 45.3 Å². The molecule has 57 valence electrons. The molecule has 0 aromatic carbocycles. The topological polar surface area (TPSA) is 0 Å². The average molecular weight is 575 g/mol. The predicted molar refractivity (Wildman–Crippen MR) is 18.5 cm³/mol. The molecule has 1 atom stereocenters. The van der Waals surface area contributed by atoms with Crippen molar-refractivity contribution in [1.82, 2.24) is 0 Å². The van der Waals surface area contributed by atoms with E-state index in [1.54, 1.807) is 0 Å². The zero-order chi connectivity index (χ0) is 0. The molecule has 0 amide bonds. The van der Waals surface area contributed by atoms with Gasteiger partial charge in [0, 0.05) is 84.8 Å². The van der Waals surface area contributed by atoms with Gasteiger partial charge in [-0.1, -0.05) is 0 Å². The quantitative estimate of drug-likeness (QED) is 0.291. The van der Waals surface area contributed by atoms with Gasteiger partial charge in [0.2, 0.25) is 0 Å². The monoisotopic (exact) mass is 575 g/mol. The van der Waals surface area contributed by atoms with E-state index in [0.717, 1.165) is 0 Å². The van der Waals surface area contributed by atoms with Crippen LogP contribution in [0.1, 0.15) is 0 Å². The van der Waals surface area contributed by atoms with Crippen LogP contribution in [0.25, 0.3) is 0 Å². The maximum absolute atomic E-state index is 0. The molecule has 0 aliphatic heterocycles. The second-order valence-electron chi connectivity index (χ2n) is 0. The first kappa shape index (κ1) is 68.0. The molecule has 1 unspecified atom stereocenters. The van der Waals surface area contributed by atoms with E-state index in [1.807, 2.05) is 0 Å². The zero-order valence-electron chi connectivity index (χ0n) is 3.15. The summed E-state index contributed by atoms with van der Waals surface area (Å²) in [6, 6.07) is 0. The molecule has 7 heavy (non-hydrogen) atoms. The third-order valence-electron chi connectivity index (χ3n) is 0. The van der Waals surface area contributed by atoms with Crippen molar-refractivity contribution in [3.63, 3.8) is 0 Å². The summed E-state index contributed by atoms with van der Waals surface area (Å²) in [4.78, 5) is 0. The van der Waals surface area contributed by atoms with E-state index in [2.05, 4.69) is 0 Å². The molecule has 0 aromatic rings. The molecule has 0 bridgehead atoms. The Kier molecular flexibility index (Phi) is 487. The summed E-state index contributed by atoms with van der Waals surface area (Å²) in [6.07, 6.45) is 0. The van der Waals surface area contributed by atoms with Crippen molar-refractivity contribution in [1.29, 1.82) is 0 Å². The summed E-state index contributed by atoms with van der Waals surface area (Å²) in [6.45, 7) is 0. The fourth-order valence-corrected chi connectivity index (χ4v) is 0. The van der Waals surface area contributed by atoms with Gasteiger partial charge < -0.3 is 0 Å². The third-order valence-corrected chi connectivity index (χ3v) is 0. The van der Waals surface area contributed by atoms with Crippen LogP contribution in [-0.2, 0) is 84.8 Å². The third kappa shape index (κ3) is 39.7. The Morgan fingerprint density at radius 1 is 1.00 bits per heavy atom. The van der Waals surface area contributed by atoms with E-state index in [4.69, 9.17) is 0 Å². The standard InChI is InChI=1S/AsH3.Co.Cr.Cu.Mn.Ni.Pb.2H/h1H3;;;;;;;;. The van der Waals surface area contributed by atoms with Crippen LogP contribution in [0.15, 0.2) is 0 Å². The molecule has 0 N–H and O–H groups in total. The van der Waals surface area contributed by atoms with Gasteiger partial charge in [-0.3, -0.25) is 0 Å². The molecular formula is H5AsCoCrCuMnNiPb. The Bertz CT molecular complexity index is 19.7. The normalized spacial score (nSPS) is 0. The summed E-state index contributed by atoms with van der Waals surface area (Å²) in [7, 11) is 0. The van der Waals surface area contributed by atoms with E-state index in [9.17, 15) is 0 Å². The van der Waals surface area contributed by atoms with Gasteiger partial charge in [0.05, 0.1) is 0 Å². The molecule has 0 saturated heterocycles. The Morgan fingerprint density at radius 2 is 1.00 bits per heavy atom. The summed E-state index contributed by atoms with van der Waals surface area (Å²) in [5.41, 5.74) is 0. The predicted octanol–water partition coefficient (Wildman–Crippen LogP) is -2.11. The maximum atomic E-state index is 0. The number of hydrogen-bond acceptors (Lipinski definition) is 0. The molecule has 0 aliphatic carbocycles. The SMILES string of the molecule is [AsH3].[Co].[Cr].[Cu].[Mn].[Ni].[PbH2]. The van der Waals surface area contributed by atoms with Gasteiger partial charge in [-0.15, -0.1) is 0 Å². The first-order valence-corrected chi connectivity index (χ1v) is 0. The molecule has 0 nitrogen and oxygen atoms in total. The van der Waals surface area contributed by atoms with Crippen LogP contribution in [0.5, 0.6) is 0 Å². The molecule has 0 aliphatic rings. The van der Waals surface area contributed by atoms with Gasteiger partial charge in [-0.05, 0) is 0 Å². The second-order valence-corrected chi connectivity index (χ2v) is 0. The van der Waals surface area contributed by atoms with E-state index in [0.29, 0.717) is 0 Å². The molecule has 0 fully saturated rings. The minimum atomic E-state index is 0. The van der Waals surface area contributed by atoms with E-state index in [-0.39, 0.29) is 130 Å². The molecular weight excluding hydrogens is 570 g/mol. The molecule has 0 spiro atoms. The van der Waals surface area contributed by atoms with Gasteiger partial charge >= 0.3 is 45.3 Å². The van der Waals surface area contributed by atoms with Crippen molar-refractivity contribution in [3.05, 3.63) is 0 Å². The summed E-state index contributed by atoms with van der Waals surface area (Å²) in [5.74, 6) is 0. The Hall–Kier alpha value is 4.05. The van der Waals surface area contributed by atoms with Crippen molar-refractivity contribution < 1.29 is 84.8 Å². The van der Waals surface area contributed by atoms with Gasteiger partial charge in [-0.25, -0.2) is 0 Å². The molecule has 0 heterocycles. The van der Waals surface area contributed by atoms with Crippen LogP contribution < -0.4 is 0 Å². The molecule has 7 heteroatoms. The zero-order valence-corrected chi connectivity index (χ0v) is 17.0. The van der Waals surface area contributed by atoms with Crippen LogP contribution in [0.3, 0.4) is 0 Å². The van der Waals surface area contributed by atoms with E-state index < -0.39 is 0 Å². The van der Waals surface area contributed by atoms with Crippen molar-refractivity contribution in [2.45, 2.75) is 0 Å². The first-order chi connectivity index (χ1) is 0. The Balaban J connectivity index is 0. The molecule has 0 aromatic heterocycles. The van der Waals surface area contributed by atoms with Gasteiger partial charge in [0.15, 0.2) is 0 Å². The van der Waals surface area contributed by atoms with E-state index in [1.165, 1.54) is 0 Å². The van der Waals surface area contributed by atoms with Crippen LogP contribution >= 0.6 is 0 Å². The van der Waals surface area contributed by atoms with Crippen molar-refractivity contribution in [2.24, 2.45) is 0 Å². The molecule has 0 rings (SSSR count). The van der Waals surface area contributed by atoms with Gasteiger partial charge in [0.1, 0.15) is 0 Å². The van der Waals surface area contributed by atoms with Crippen LogP contribution in [-0.4, -0.2) is 45.3 Å². The van der Waals surface area contributed by atoms with Gasteiger partial charge in [-0.2, -0.15) is 0 Å². The first-order valence-electron chi connectivity index (χ1n) is 0. The van der Waals surface area contributed by atoms with Crippen LogP contribution in [0.2, 0.25) is 0 Å². The average Bonchev–Trinajstić information content (AvgIpc) is 0. The number of rotatable bonds is 0. The number of hydrogen-bond donors (Lipinski definition) is 0. The van der Waals surface area contributed by atoms with Crippen molar-refractivity contribution in [2.75, 3.05) is 0 Å². The van der Waals surface area contributed by atoms with Crippen molar-refractivity contribution in [3.8, 4) is 0 Å². The summed E-state index contributed by atoms with van der Waals surface area (Å²) < 4.78 is 0. The second kappa shape index (κ2) is 50.2. The molecule has 5 radical (unpaired) electrons. The molecule has 0 saturated carbocycles. The summed E-state index contributed by atoms with van der Waals surface area (Å²) in [5, 5.41) is 0. The van der Waals surface area contributed by atoms with Gasteiger partial charge in [0.25, 0.3) is 0 Å². The summed E-state index contributed by atoms with van der Waals surface area (Å²) >= 11 is 0. The van der Waals surface area contributed by atoms with Crippen LogP contribution in [0, 0.1) is 0 Å². The minimum absolute atomic E-state index is 0. The fraction of sp³-hybridized carbons (Fsp3) is 0. The van der Waals surface area contributed by atoms with Crippen LogP contribution in [0.4, 0.5) is 0 Å². The fourth-order valence-electron chi connectivity index (χ4n) is 0. The van der Waals surface area contributed by atoms with E-state index >= 15 is 0 Å². The Morgan fingerprint density at radius 3 is 1.00 bits per heavy atom.